The lowest BCUT2D eigenvalue weighted by atomic mass is 10.4. The van der Waals surface area contributed by atoms with Crippen molar-refractivity contribution in [3.63, 3.8) is 0 Å². The molecule has 0 amide bonds. The molecule has 2 heterocycles. The minimum absolute atomic E-state index is 0.431. The number of aryl methyl sites for hydroxylation is 1. The van der Waals surface area contributed by atoms with Crippen LogP contribution in [0.15, 0.2) is 28.9 Å². The Morgan fingerprint density at radius 2 is 2.38 bits per heavy atom. The van der Waals surface area contributed by atoms with Gasteiger partial charge in [0.1, 0.15) is 11.6 Å². The van der Waals surface area contributed by atoms with Gasteiger partial charge in [-0.2, -0.15) is 0 Å². The van der Waals surface area contributed by atoms with Crippen molar-refractivity contribution in [2.24, 2.45) is 7.05 Å². The highest BCUT2D eigenvalue weighted by Crippen LogP contribution is 2.12. The van der Waals surface area contributed by atoms with Crippen molar-refractivity contribution in [3.8, 4) is 0 Å². The summed E-state index contributed by atoms with van der Waals surface area (Å²) in [4.78, 5) is 4.24. The minimum Gasteiger partial charge on any atom is -0.448 e. The van der Waals surface area contributed by atoms with Gasteiger partial charge < -0.3 is 14.3 Å². The van der Waals surface area contributed by atoms with Crippen LogP contribution in [0.25, 0.3) is 0 Å². The maximum Gasteiger partial charge on any atom is 0.193 e. The molecule has 5 heteroatoms. The largest absolute Gasteiger partial charge is 0.448 e. The number of imidazole rings is 1. The summed E-state index contributed by atoms with van der Waals surface area (Å²) >= 11 is 5.67. The number of furan rings is 1. The summed E-state index contributed by atoms with van der Waals surface area (Å²) in [6, 6.07) is 3.62. The smallest absolute Gasteiger partial charge is 0.193 e. The normalized spacial score (nSPS) is 10.9. The minimum atomic E-state index is 0.431. The maximum absolute atomic E-state index is 5.67. The number of hydrogen-bond donors (Lipinski definition) is 1. The lowest BCUT2D eigenvalue weighted by Gasteiger charge is -2.03. The fraction of sp³-hybridized carbons (Fsp3) is 0.364. The van der Waals surface area contributed by atoms with E-state index in [1.807, 2.05) is 30.1 Å². The Balaban J connectivity index is 1.71. The summed E-state index contributed by atoms with van der Waals surface area (Å²) in [5.41, 5.74) is 0. The molecule has 0 atom stereocenters. The number of nitrogens with one attached hydrogen (secondary N) is 1. The second-order valence-electron chi connectivity index (χ2n) is 3.59. The van der Waals surface area contributed by atoms with Gasteiger partial charge in [0.15, 0.2) is 5.22 Å². The number of nitrogens with zero attached hydrogens (tertiary/aromatic N) is 2. The van der Waals surface area contributed by atoms with E-state index in [4.69, 9.17) is 16.0 Å². The molecule has 2 aromatic rings. The fourth-order valence-electron chi connectivity index (χ4n) is 1.50. The standard InChI is InChI=1S/C11H14ClN3O/c1-15-7-6-14-11(15)4-5-13-8-9-2-3-10(12)16-9/h2-3,6-7,13H,4-5,8H2,1H3. The predicted molar refractivity (Wildman–Crippen MR) is 62.3 cm³/mol. The number of rotatable bonds is 5. The Bertz CT molecular complexity index is 450. The van der Waals surface area contributed by atoms with Gasteiger partial charge in [-0.1, -0.05) is 0 Å². The fourth-order valence-corrected chi connectivity index (χ4v) is 1.66. The van der Waals surface area contributed by atoms with Crippen LogP contribution in [0.5, 0.6) is 0 Å². The first-order chi connectivity index (χ1) is 7.75. The zero-order valence-corrected chi connectivity index (χ0v) is 9.87. The maximum atomic E-state index is 5.67. The molecular formula is C11H14ClN3O. The van der Waals surface area contributed by atoms with Gasteiger partial charge in [0.2, 0.25) is 0 Å². The van der Waals surface area contributed by atoms with Crippen LogP contribution in [-0.2, 0) is 20.0 Å². The van der Waals surface area contributed by atoms with Gasteiger partial charge in [-0.05, 0) is 23.7 Å². The average Bonchev–Trinajstić information content (AvgIpc) is 2.83. The van der Waals surface area contributed by atoms with Gasteiger partial charge in [-0.3, -0.25) is 0 Å². The van der Waals surface area contributed by atoms with Gasteiger partial charge in [0, 0.05) is 32.4 Å². The molecule has 0 aromatic carbocycles. The highest BCUT2D eigenvalue weighted by molar-refractivity contribution is 6.28. The lowest BCUT2D eigenvalue weighted by molar-refractivity contribution is 0.484. The van der Waals surface area contributed by atoms with Crippen LogP contribution in [0.4, 0.5) is 0 Å². The van der Waals surface area contributed by atoms with E-state index in [-0.39, 0.29) is 0 Å². The quantitative estimate of drug-likeness (QED) is 0.812. The Morgan fingerprint density at radius 3 is 3.00 bits per heavy atom. The molecule has 0 aliphatic heterocycles. The molecule has 0 spiro atoms. The SMILES string of the molecule is Cn1ccnc1CCNCc1ccc(Cl)o1. The second kappa shape index (κ2) is 5.18. The number of halogens is 1. The first kappa shape index (κ1) is 11.2. The van der Waals surface area contributed by atoms with Crippen molar-refractivity contribution in [3.05, 3.63) is 41.3 Å². The summed E-state index contributed by atoms with van der Waals surface area (Å²) in [6.07, 6.45) is 4.65. The molecule has 0 aliphatic rings. The molecule has 16 heavy (non-hydrogen) atoms. The van der Waals surface area contributed by atoms with Crippen LogP contribution in [0.2, 0.25) is 5.22 Å². The predicted octanol–water partition coefficient (Wildman–Crippen LogP) is 2.00. The van der Waals surface area contributed by atoms with Crippen molar-refractivity contribution in [2.45, 2.75) is 13.0 Å². The summed E-state index contributed by atoms with van der Waals surface area (Å²) in [5.74, 6) is 1.93. The zero-order chi connectivity index (χ0) is 11.4. The van der Waals surface area contributed by atoms with Crippen LogP contribution < -0.4 is 5.32 Å². The molecule has 0 saturated heterocycles. The molecule has 86 valence electrons. The first-order valence-corrected chi connectivity index (χ1v) is 5.54. The molecule has 2 aromatic heterocycles. The van der Waals surface area contributed by atoms with Crippen molar-refractivity contribution >= 4 is 11.6 Å². The summed E-state index contributed by atoms with van der Waals surface area (Å²) in [6.45, 7) is 1.56. The topological polar surface area (TPSA) is 43.0 Å². The van der Waals surface area contributed by atoms with E-state index in [0.717, 1.165) is 24.6 Å². The van der Waals surface area contributed by atoms with Crippen LogP contribution in [0.3, 0.4) is 0 Å². The van der Waals surface area contributed by atoms with Gasteiger partial charge in [0.25, 0.3) is 0 Å². The monoisotopic (exact) mass is 239 g/mol. The van der Waals surface area contributed by atoms with E-state index in [0.29, 0.717) is 11.8 Å². The van der Waals surface area contributed by atoms with Crippen molar-refractivity contribution < 1.29 is 4.42 Å². The van der Waals surface area contributed by atoms with Crippen LogP contribution in [0.1, 0.15) is 11.6 Å². The average molecular weight is 240 g/mol. The summed E-state index contributed by atoms with van der Waals surface area (Å²) in [7, 11) is 1.99. The van der Waals surface area contributed by atoms with Gasteiger partial charge in [-0.15, -0.1) is 0 Å². The Morgan fingerprint density at radius 1 is 1.50 bits per heavy atom. The number of hydrogen-bond acceptors (Lipinski definition) is 3. The molecule has 2 rings (SSSR count). The highest BCUT2D eigenvalue weighted by atomic mass is 35.5. The van der Waals surface area contributed by atoms with Crippen molar-refractivity contribution in [1.29, 1.82) is 0 Å². The van der Waals surface area contributed by atoms with E-state index in [1.54, 1.807) is 6.07 Å². The third kappa shape index (κ3) is 2.87. The van der Waals surface area contributed by atoms with E-state index in [1.165, 1.54) is 0 Å². The van der Waals surface area contributed by atoms with Crippen LogP contribution in [-0.4, -0.2) is 16.1 Å². The Labute approximate surface area is 99.2 Å². The summed E-state index contributed by atoms with van der Waals surface area (Å²) in [5, 5.41) is 3.71. The molecule has 4 nitrogen and oxygen atoms in total. The van der Waals surface area contributed by atoms with Crippen molar-refractivity contribution in [2.75, 3.05) is 6.54 Å². The van der Waals surface area contributed by atoms with E-state index >= 15 is 0 Å². The molecule has 0 fully saturated rings. The third-order valence-corrected chi connectivity index (χ3v) is 2.58. The van der Waals surface area contributed by atoms with Gasteiger partial charge in [-0.25, -0.2) is 4.98 Å². The molecule has 0 saturated carbocycles. The molecule has 0 radical (unpaired) electrons. The Hall–Kier alpha value is -1.26. The molecular weight excluding hydrogens is 226 g/mol. The third-order valence-electron chi connectivity index (χ3n) is 2.37. The van der Waals surface area contributed by atoms with Gasteiger partial charge in [0.05, 0.1) is 6.54 Å². The van der Waals surface area contributed by atoms with Crippen LogP contribution in [0, 0.1) is 0 Å². The van der Waals surface area contributed by atoms with Crippen molar-refractivity contribution in [1.82, 2.24) is 14.9 Å². The molecule has 1 N–H and O–H groups in total. The molecule has 0 unspecified atom stereocenters. The molecule has 0 bridgehead atoms. The summed E-state index contributed by atoms with van der Waals surface area (Å²) < 4.78 is 7.25. The van der Waals surface area contributed by atoms with Crippen LogP contribution >= 0.6 is 11.6 Å². The van der Waals surface area contributed by atoms with E-state index in [9.17, 15) is 0 Å². The first-order valence-electron chi connectivity index (χ1n) is 5.17. The lowest BCUT2D eigenvalue weighted by Crippen LogP contribution is -2.17. The van der Waals surface area contributed by atoms with Gasteiger partial charge >= 0.3 is 0 Å². The van der Waals surface area contributed by atoms with E-state index in [2.05, 4.69) is 10.3 Å². The van der Waals surface area contributed by atoms with E-state index < -0.39 is 0 Å². The second-order valence-corrected chi connectivity index (χ2v) is 3.96. The number of aromatic nitrogens is 2. The zero-order valence-electron chi connectivity index (χ0n) is 9.11. The molecule has 0 aliphatic carbocycles. The highest BCUT2D eigenvalue weighted by Gasteiger charge is 2.00. The Kier molecular flexibility index (Phi) is 3.64.